The van der Waals surface area contributed by atoms with Gasteiger partial charge in [0, 0.05) is 24.5 Å². The number of hydrogen-bond donors (Lipinski definition) is 0. The van der Waals surface area contributed by atoms with Gasteiger partial charge in [-0.05, 0) is 12.7 Å². The number of rotatable bonds is 5. The van der Waals surface area contributed by atoms with E-state index in [-0.39, 0.29) is 29.9 Å². The van der Waals surface area contributed by atoms with Crippen LogP contribution in [0.5, 0.6) is 0 Å². The molecule has 6 nitrogen and oxygen atoms in total. The summed E-state index contributed by atoms with van der Waals surface area (Å²) < 4.78 is 15.9. The van der Waals surface area contributed by atoms with Gasteiger partial charge in [0.2, 0.25) is 0 Å². The average molecular weight is 314 g/mol. The molecule has 3 fully saturated rings. The molecule has 2 saturated carbocycles. The Hall–Kier alpha value is -1.24. The Morgan fingerprint density at radius 3 is 2.81 bits per heavy atom. The van der Waals surface area contributed by atoms with Crippen LogP contribution in [0.15, 0.2) is 0 Å². The molecule has 0 radical (unpaired) electrons. The molecule has 2 bridgehead atoms. The lowest BCUT2D eigenvalue weighted by Gasteiger charge is -2.29. The lowest BCUT2D eigenvalue weighted by Crippen LogP contribution is -2.43. The van der Waals surface area contributed by atoms with Gasteiger partial charge < -0.3 is 14.2 Å². The molecule has 2 aliphatic carbocycles. The molecular formula is C14H18O6S. The Balaban J connectivity index is 1.76. The monoisotopic (exact) mass is 314 g/mol. The summed E-state index contributed by atoms with van der Waals surface area (Å²) in [5, 5.41) is 0. The summed E-state index contributed by atoms with van der Waals surface area (Å²) in [6, 6.07) is 0. The van der Waals surface area contributed by atoms with Gasteiger partial charge in [-0.2, -0.15) is 11.8 Å². The molecule has 3 rings (SSSR count). The third kappa shape index (κ3) is 2.31. The molecule has 0 N–H and O–H groups in total. The van der Waals surface area contributed by atoms with Crippen LogP contribution in [0.1, 0.15) is 13.3 Å². The van der Waals surface area contributed by atoms with Gasteiger partial charge in [0.15, 0.2) is 0 Å². The highest BCUT2D eigenvalue weighted by molar-refractivity contribution is 7.98. The number of carbonyl (C=O) groups is 3. The largest absolute Gasteiger partial charge is 0.465 e. The van der Waals surface area contributed by atoms with Crippen molar-refractivity contribution < 1.29 is 28.6 Å². The van der Waals surface area contributed by atoms with Gasteiger partial charge in [-0.25, -0.2) is 0 Å². The Kier molecular flexibility index (Phi) is 3.86. The molecule has 0 spiro atoms. The first-order chi connectivity index (χ1) is 10.0. The number of thioether (sulfide) groups is 1. The predicted octanol–water partition coefficient (Wildman–Crippen LogP) is 0.632. The van der Waals surface area contributed by atoms with Crippen molar-refractivity contribution in [2.24, 2.45) is 23.7 Å². The van der Waals surface area contributed by atoms with Crippen LogP contribution in [0.25, 0.3) is 0 Å². The van der Waals surface area contributed by atoms with E-state index in [0.717, 1.165) is 5.75 Å². The van der Waals surface area contributed by atoms with Gasteiger partial charge in [-0.1, -0.05) is 0 Å². The van der Waals surface area contributed by atoms with Crippen LogP contribution in [-0.2, 0) is 28.6 Å². The number of carbonyl (C=O) groups excluding carboxylic acids is 3. The lowest BCUT2D eigenvalue weighted by molar-refractivity contribution is -0.163. The maximum Gasteiger partial charge on any atom is 0.310 e. The quantitative estimate of drug-likeness (QED) is 0.418. The molecular weight excluding hydrogens is 296 g/mol. The molecule has 6 atom stereocenters. The summed E-state index contributed by atoms with van der Waals surface area (Å²) in [7, 11) is 0. The van der Waals surface area contributed by atoms with Crippen molar-refractivity contribution in [3.63, 3.8) is 0 Å². The first kappa shape index (κ1) is 14.7. The summed E-state index contributed by atoms with van der Waals surface area (Å²) in [5.41, 5.74) is 0. The fourth-order valence-corrected chi connectivity index (χ4v) is 4.23. The fourth-order valence-electron chi connectivity index (χ4n) is 3.98. The molecule has 1 saturated heterocycles. The second kappa shape index (κ2) is 5.51. The van der Waals surface area contributed by atoms with Crippen molar-refractivity contribution in [1.82, 2.24) is 0 Å². The van der Waals surface area contributed by atoms with Crippen LogP contribution in [0.3, 0.4) is 0 Å². The van der Waals surface area contributed by atoms with Gasteiger partial charge in [-0.15, -0.1) is 0 Å². The molecule has 0 aromatic rings. The van der Waals surface area contributed by atoms with Crippen LogP contribution in [0, 0.1) is 23.7 Å². The van der Waals surface area contributed by atoms with Gasteiger partial charge >= 0.3 is 17.9 Å². The Morgan fingerprint density at radius 1 is 1.38 bits per heavy atom. The lowest BCUT2D eigenvalue weighted by atomic mass is 9.78. The Labute approximate surface area is 126 Å². The van der Waals surface area contributed by atoms with Crippen LogP contribution >= 0.6 is 11.8 Å². The van der Waals surface area contributed by atoms with Crippen molar-refractivity contribution >= 4 is 29.7 Å². The molecule has 7 heteroatoms. The van der Waals surface area contributed by atoms with Crippen LogP contribution in [0.2, 0.25) is 0 Å². The van der Waals surface area contributed by atoms with E-state index in [2.05, 4.69) is 0 Å². The minimum Gasteiger partial charge on any atom is -0.465 e. The number of ether oxygens (including phenoxy) is 3. The maximum absolute atomic E-state index is 12.3. The normalized spacial score (nSPS) is 39.2. The van der Waals surface area contributed by atoms with E-state index in [1.54, 1.807) is 11.8 Å². The highest BCUT2D eigenvalue weighted by Gasteiger charge is 2.70. The van der Waals surface area contributed by atoms with E-state index in [0.29, 0.717) is 13.0 Å². The summed E-state index contributed by atoms with van der Waals surface area (Å²) in [4.78, 5) is 35.5. The average Bonchev–Trinajstić information content (AvgIpc) is 3.01. The van der Waals surface area contributed by atoms with Crippen molar-refractivity contribution in [3.8, 4) is 0 Å². The smallest absolute Gasteiger partial charge is 0.310 e. The molecule has 116 valence electrons. The van der Waals surface area contributed by atoms with Gasteiger partial charge in [-0.3, -0.25) is 14.4 Å². The predicted molar refractivity (Wildman–Crippen MR) is 73.4 cm³/mol. The van der Waals surface area contributed by atoms with Crippen molar-refractivity contribution in [1.29, 1.82) is 0 Å². The highest BCUT2D eigenvalue weighted by Crippen LogP contribution is 2.58. The number of hydrogen-bond acceptors (Lipinski definition) is 7. The van der Waals surface area contributed by atoms with Crippen LogP contribution in [0.4, 0.5) is 0 Å². The van der Waals surface area contributed by atoms with E-state index < -0.39 is 23.9 Å². The SMILES string of the molecule is CSCCOC(=O)C1C2CC3C(OC(=O)C31)C2OC(C)=O. The molecule has 0 amide bonds. The second-order valence-corrected chi connectivity index (χ2v) is 6.74. The minimum atomic E-state index is -0.535. The molecule has 1 heterocycles. The molecule has 6 unspecified atom stereocenters. The van der Waals surface area contributed by atoms with Crippen LogP contribution in [-0.4, -0.2) is 48.7 Å². The Bertz CT molecular complexity index is 478. The Morgan fingerprint density at radius 2 is 2.14 bits per heavy atom. The van der Waals surface area contributed by atoms with Crippen molar-refractivity contribution in [3.05, 3.63) is 0 Å². The van der Waals surface area contributed by atoms with Crippen molar-refractivity contribution in [2.75, 3.05) is 18.6 Å². The number of fused-ring (bicyclic) bond motifs is 1. The zero-order chi connectivity index (χ0) is 15.1. The van der Waals surface area contributed by atoms with E-state index >= 15 is 0 Å². The zero-order valence-corrected chi connectivity index (χ0v) is 12.8. The fraction of sp³-hybridized carbons (Fsp3) is 0.786. The van der Waals surface area contributed by atoms with E-state index in [1.165, 1.54) is 6.92 Å². The molecule has 21 heavy (non-hydrogen) atoms. The summed E-state index contributed by atoms with van der Waals surface area (Å²) in [5.74, 6) is -1.56. The second-order valence-electron chi connectivity index (χ2n) is 5.75. The molecule has 0 aromatic carbocycles. The van der Waals surface area contributed by atoms with Crippen molar-refractivity contribution in [2.45, 2.75) is 25.6 Å². The third-order valence-electron chi connectivity index (χ3n) is 4.65. The van der Waals surface area contributed by atoms with Crippen LogP contribution < -0.4 is 0 Å². The summed E-state index contributed by atoms with van der Waals surface area (Å²) in [6.45, 7) is 1.66. The summed E-state index contributed by atoms with van der Waals surface area (Å²) >= 11 is 1.59. The first-order valence-corrected chi connectivity index (χ1v) is 8.47. The first-order valence-electron chi connectivity index (χ1n) is 7.08. The zero-order valence-electron chi connectivity index (χ0n) is 11.9. The molecule has 3 aliphatic rings. The van der Waals surface area contributed by atoms with Gasteiger partial charge in [0.05, 0.1) is 11.8 Å². The van der Waals surface area contributed by atoms with Gasteiger partial charge in [0.25, 0.3) is 0 Å². The third-order valence-corrected chi connectivity index (χ3v) is 5.23. The molecule has 1 aliphatic heterocycles. The highest BCUT2D eigenvalue weighted by atomic mass is 32.2. The van der Waals surface area contributed by atoms with Gasteiger partial charge in [0.1, 0.15) is 18.8 Å². The topological polar surface area (TPSA) is 78.9 Å². The number of esters is 3. The molecule has 0 aromatic heterocycles. The standard InChI is InChI=1S/C14H18O6S/c1-6(15)19-11-7-5-8-10(14(17)20-12(8)11)9(7)13(16)18-3-4-21-2/h7-12H,3-5H2,1-2H3. The minimum absolute atomic E-state index is 0.0232. The van der Waals surface area contributed by atoms with E-state index in [4.69, 9.17) is 14.2 Å². The maximum atomic E-state index is 12.3. The van der Waals surface area contributed by atoms with E-state index in [9.17, 15) is 14.4 Å². The van der Waals surface area contributed by atoms with E-state index in [1.807, 2.05) is 6.26 Å². The summed E-state index contributed by atoms with van der Waals surface area (Å²) in [6.07, 6.45) is 1.72.